The number of hydrogen-bond donors (Lipinski definition) is 0. The molecular formula is C31H25F3O3. The Kier molecular flexibility index (Phi) is 7.58. The highest BCUT2D eigenvalue weighted by Crippen LogP contribution is 2.32. The quantitative estimate of drug-likeness (QED) is 0.145. The van der Waals surface area contributed by atoms with Gasteiger partial charge >= 0.3 is 12.1 Å². The van der Waals surface area contributed by atoms with Crippen molar-refractivity contribution in [3.63, 3.8) is 0 Å². The van der Waals surface area contributed by atoms with Gasteiger partial charge in [0.15, 0.2) is 5.78 Å². The zero-order chi connectivity index (χ0) is 26.6. The molecule has 188 valence electrons. The predicted octanol–water partition coefficient (Wildman–Crippen LogP) is 8.22. The number of carbonyl (C=O) groups is 2. The van der Waals surface area contributed by atoms with Gasteiger partial charge in [-0.1, -0.05) is 74.5 Å². The molecule has 1 atom stereocenters. The van der Waals surface area contributed by atoms with E-state index in [4.69, 9.17) is 4.74 Å². The van der Waals surface area contributed by atoms with Gasteiger partial charge in [-0.05, 0) is 65.1 Å². The van der Waals surface area contributed by atoms with E-state index in [1.54, 1.807) is 43.3 Å². The van der Waals surface area contributed by atoms with Crippen LogP contribution in [0.2, 0.25) is 0 Å². The fraction of sp³-hybridized carbons (Fsp3) is 0.161. The average Bonchev–Trinajstić information content (AvgIpc) is 2.92. The second kappa shape index (κ2) is 10.8. The Hall–Kier alpha value is -4.19. The van der Waals surface area contributed by atoms with Crippen molar-refractivity contribution in [2.24, 2.45) is 5.92 Å². The number of halogens is 3. The molecule has 0 bridgehead atoms. The molecule has 0 saturated carbocycles. The summed E-state index contributed by atoms with van der Waals surface area (Å²) in [5.41, 5.74) is 3.66. The van der Waals surface area contributed by atoms with Crippen LogP contribution in [-0.4, -0.2) is 11.8 Å². The molecule has 0 radical (unpaired) electrons. The molecule has 3 nitrogen and oxygen atoms in total. The molecule has 6 heteroatoms. The highest BCUT2D eigenvalue weighted by atomic mass is 19.4. The van der Waals surface area contributed by atoms with Crippen molar-refractivity contribution in [2.75, 3.05) is 0 Å². The molecular weight excluding hydrogens is 477 g/mol. The van der Waals surface area contributed by atoms with Crippen molar-refractivity contribution in [1.82, 2.24) is 0 Å². The van der Waals surface area contributed by atoms with E-state index in [0.29, 0.717) is 28.9 Å². The molecule has 0 aliphatic heterocycles. The highest BCUT2D eigenvalue weighted by Gasteiger charge is 2.29. The van der Waals surface area contributed by atoms with Crippen molar-refractivity contribution < 1.29 is 27.5 Å². The van der Waals surface area contributed by atoms with Crippen molar-refractivity contribution in [2.45, 2.75) is 26.4 Å². The second-order valence-electron chi connectivity index (χ2n) is 8.81. The Balaban J connectivity index is 1.43. The molecule has 0 saturated heterocycles. The number of alkyl halides is 3. The minimum absolute atomic E-state index is 0.149. The molecule has 0 heterocycles. The van der Waals surface area contributed by atoms with Crippen LogP contribution in [0.25, 0.3) is 22.3 Å². The van der Waals surface area contributed by atoms with Gasteiger partial charge in [0.05, 0.1) is 11.5 Å². The summed E-state index contributed by atoms with van der Waals surface area (Å²) < 4.78 is 43.7. The average molecular weight is 503 g/mol. The van der Waals surface area contributed by atoms with E-state index in [1.165, 1.54) is 12.1 Å². The van der Waals surface area contributed by atoms with Crippen molar-refractivity contribution in [1.29, 1.82) is 0 Å². The lowest BCUT2D eigenvalue weighted by atomic mass is 9.97. The molecule has 0 N–H and O–H groups in total. The van der Waals surface area contributed by atoms with Crippen molar-refractivity contribution >= 4 is 11.8 Å². The number of hydrogen-bond acceptors (Lipinski definition) is 3. The number of esters is 1. The summed E-state index contributed by atoms with van der Waals surface area (Å²) in [5.74, 6) is -0.244. The Bertz CT molecular complexity index is 1370. The molecule has 4 aromatic carbocycles. The number of ketones is 1. The first-order valence-electron chi connectivity index (χ1n) is 11.9. The van der Waals surface area contributed by atoms with Crippen LogP contribution in [0.4, 0.5) is 13.2 Å². The van der Waals surface area contributed by atoms with Gasteiger partial charge in [0.2, 0.25) is 0 Å². The van der Waals surface area contributed by atoms with Crippen LogP contribution >= 0.6 is 0 Å². The maximum atomic E-state index is 12.9. The van der Waals surface area contributed by atoms with Crippen LogP contribution in [0.1, 0.15) is 41.8 Å². The second-order valence-corrected chi connectivity index (χ2v) is 8.81. The fourth-order valence-corrected chi connectivity index (χ4v) is 3.75. The Morgan fingerprint density at radius 1 is 0.676 bits per heavy atom. The normalized spacial score (nSPS) is 12.1. The first kappa shape index (κ1) is 25.9. The Morgan fingerprint density at radius 3 is 1.46 bits per heavy atom. The molecule has 0 aliphatic rings. The summed E-state index contributed by atoms with van der Waals surface area (Å²) in [6.07, 6.45) is -3.67. The molecule has 0 aromatic heterocycles. The molecule has 0 spiro atoms. The van der Waals surface area contributed by atoms with Crippen molar-refractivity contribution in [3.8, 4) is 28.0 Å². The van der Waals surface area contributed by atoms with Gasteiger partial charge in [0.25, 0.3) is 0 Å². The van der Waals surface area contributed by atoms with Crippen LogP contribution in [0.3, 0.4) is 0 Å². The van der Waals surface area contributed by atoms with Gasteiger partial charge < -0.3 is 4.74 Å². The lowest BCUT2D eigenvalue weighted by molar-refractivity contribution is -0.138. The first-order valence-corrected chi connectivity index (χ1v) is 11.9. The number of ether oxygens (including phenoxy) is 1. The molecule has 0 fully saturated rings. The predicted molar refractivity (Wildman–Crippen MR) is 137 cm³/mol. The van der Waals surface area contributed by atoms with E-state index in [-0.39, 0.29) is 17.7 Å². The third-order valence-corrected chi connectivity index (χ3v) is 6.26. The number of benzene rings is 4. The summed E-state index contributed by atoms with van der Waals surface area (Å²) in [4.78, 5) is 24.8. The zero-order valence-electron chi connectivity index (χ0n) is 20.4. The van der Waals surface area contributed by atoms with E-state index in [0.717, 1.165) is 28.8 Å². The summed E-state index contributed by atoms with van der Waals surface area (Å²) in [7, 11) is 0. The van der Waals surface area contributed by atoms with Crippen LogP contribution < -0.4 is 4.74 Å². The summed E-state index contributed by atoms with van der Waals surface area (Å²) in [6, 6.07) is 26.2. The van der Waals surface area contributed by atoms with Crippen LogP contribution in [0.5, 0.6) is 5.75 Å². The van der Waals surface area contributed by atoms with Gasteiger partial charge in [-0.3, -0.25) is 9.59 Å². The number of carbonyl (C=O) groups excluding carboxylic acids is 2. The van der Waals surface area contributed by atoms with Gasteiger partial charge in [-0.25, -0.2) is 0 Å². The molecule has 1 unspecified atom stereocenters. The monoisotopic (exact) mass is 502 g/mol. The van der Waals surface area contributed by atoms with Gasteiger partial charge in [-0.15, -0.1) is 0 Å². The molecule has 0 aliphatic carbocycles. The van der Waals surface area contributed by atoms with Crippen LogP contribution in [0, 0.1) is 5.92 Å². The minimum atomic E-state index is -4.36. The lowest BCUT2D eigenvalue weighted by Gasteiger charge is -2.10. The van der Waals surface area contributed by atoms with E-state index in [9.17, 15) is 22.8 Å². The first-order chi connectivity index (χ1) is 17.7. The highest BCUT2D eigenvalue weighted by molar-refractivity contribution is 6.09. The van der Waals surface area contributed by atoms with Crippen LogP contribution in [0.15, 0.2) is 97.1 Å². The van der Waals surface area contributed by atoms with Gasteiger partial charge in [-0.2, -0.15) is 13.2 Å². The maximum absolute atomic E-state index is 12.9. The van der Waals surface area contributed by atoms with Crippen molar-refractivity contribution in [3.05, 3.63) is 114 Å². The summed E-state index contributed by atoms with van der Waals surface area (Å²) in [5, 5.41) is 0. The largest absolute Gasteiger partial charge is 0.426 e. The lowest BCUT2D eigenvalue weighted by Crippen LogP contribution is -2.16. The van der Waals surface area contributed by atoms with E-state index >= 15 is 0 Å². The molecule has 4 aromatic rings. The van der Waals surface area contributed by atoms with E-state index in [1.807, 2.05) is 43.3 Å². The number of rotatable bonds is 7. The minimum Gasteiger partial charge on any atom is -0.426 e. The SMILES string of the molecule is CCC(C)C(=O)Oc1ccc(C(=O)c2ccc(-c3ccc(-c4ccc(C(F)(F)F)cc4)cc3)cc2)cc1. The van der Waals surface area contributed by atoms with E-state index in [2.05, 4.69) is 0 Å². The van der Waals surface area contributed by atoms with Gasteiger partial charge in [0.1, 0.15) is 5.75 Å². The van der Waals surface area contributed by atoms with E-state index < -0.39 is 11.7 Å². The smallest absolute Gasteiger partial charge is 0.416 e. The topological polar surface area (TPSA) is 43.4 Å². The molecule has 0 amide bonds. The van der Waals surface area contributed by atoms with Gasteiger partial charge in [0, 0.05) is 11.1 Å². The maximum Gasteiger partial charge on any atom is 0.416 e. The third kappa shape index (κ3) is 6.15. The Labute approximate surface area is 213 Å². The summed E-state index contributed by atoms with van der Waals surface area (Å²) in [6.45, 7) is 3.72. The zero-order valence-corrected chi connectivity index (χ0v) is 20.4. The molecule has 37 heavy (non-hydrogen) atoms. The third-order valence-electron chi connectivity index (χ3n) is 6.26. The van der Waals surface area contributed by atoms with Crippen LogP contribution in [-0.2, 0) is 11.0 Å². The Morgan fingerprint density at radius 2 is 1.05 bits per heavy atom. The summed E-state index contributed by atoms with van der Waals surface area (Å²) >= 11 is 0. The fourth-order valence-electron chi connectivity index (χ4n) is 3.75. The molecule has 4 rings (SSSR count). The standard InChI is InChI=1S/C31H25F3O3/c1-3-20(2)30(36)37-28-18-14-26(15-19-28)29(35)25-10-8-23(9-11-25)21-4-6-22(7-5-21)24-12-16-27(17-13-24)31(32,33)34/h4-20H,3H2,1-2H3.